The number of aromatic nitrogens is 1. The summed E-state index contributed by atoms with van der Waals surface area (Å²) in [4.78, 5) is 18.3. The third-order valence-electron chi connectivity index (χ3n) is 4.00. The van der Waals surface area contributed by atoms with Crippen molar-refractivity contribution in [2.24, 2.45) is 0 Å². The second-order valence-corrected chi connectivity index (χ2v) is 6.97. The zero-order valence-corrected chi connectivity index (χ0v) is 14.6. The number of benzene rings is 1. The molecule has 0 saturated carbocycles. The Balaban J connectivity index is 1.74. The van der Waals surface area contributed by atoms with Crippen LogP contribution < -0.4 is 4.90 Å². The van der Waals surface area contributed by atoms with E-state index in [0.29, 0.717) is 13.0 Å². The third-order valence-corrected chi connectivity index (χ3v) is 4.77. The van der Waals surface area contributed by atoms with Crippen molar-refractivity contribution >= 4 is 22.9 Å². The Bertz CT molecular complexity index is 788. The summed E-state index contributed by atoms with van der Waals surface area (Å²) in [6.45, 7) is 2.29. The van der Waals surface area contributed by atoms with E-state index in [9.17, 15) is 18.0 Å². The number of thiazole rings is 1. The van der Waals surface area contributed by atoms with Crippen molar-refractivity contribution in [3.63, 3.8) is 0 Å². The van der Waals surface area contributed by atoms with E-state index in [4.69, 9.17) is 0 Å². The Hall–Kier alpha value is -1.93. The maximum absolute atomic E-state index is 12.4. The fourth-order valence-corrected chi connectivity index (χ4v) is 3.42. The molecule has 1 aliphatic heterocycles. The number of fused-ring (bicyclic) bond motifs is 1. The number of rotatable bonds is 4. The fourth-order valence-electron chi connectivity index (χ4n) is 2.80. The average molecular weight is 370 g/mol. The first-order chi connectivity index (χ1) is 11.7. The number of hydrogen-bond acceptors (Lipinski definition) is 4. The summed E-state index contributed by atoms with van der Waals surface area (Å²) in [6, 6.07) is 5.68. The van der Waals surface area contributed by atoms with Crippen molar-refractivity contribution in [1.29, 1.82) is 0 Å². The van der Waals surface area contributed by atoms with Crippen LogP contribution in [0.25, 0.3) is 11.3 Å². The maximum Gasteiger partial charge on any atom is 0.411 e. The Kier molecular flexibility index (Phi) is 4.83. The highest BCUT2D eigenvalue weighted by atomic mass is 32.1. The molecule has 0 aliphatic carbocycles. The van der Waals surface area contributed by atoms with Crippen molar-refractivity contribution < 1.29 is 22.7 Å². The minimum atomic E-state index is -4.45. The van der Waals surface area contributed by atoms with Gasteiger partial charge in [-0.15, -0.1) is 11.3 Å². The number of nitrogens with zero attached hydrogens (tertiary/aromatic N) is 2. The monoisotopic (exact) mass is 370 g/mol. The molecular formula is C17H17F3N2O2S. The number of anilines is 1. The summed E-state index contributed by atoms with van der Waals surface area (Å²) in [5, 5.41) is 2.95. The number of aryl methyl sites for hydroxylation is 1. The number of carbonyl (C=O) groups is 1. The summed E-state index contributed by atoms with van der Waals surface area (Å²) < 4.78 is 41.4. The number of halogens is 3. The molecule has 0 spiro atoms. The van der Waals surface area contributed by atoms with Gasteiger partial charge in [0.1, 0.15) is 12.7 Å². The van der Waals surface area contributed by atoms with Gasteiger partial charge in [-0.3, -0.25) is 4.79 Å². The molecule has 1 amide bonds. The van der Waals surface area contributed by atoms with Gasteiger partial charge < -0.3 is 9.64 Å². The van der Waals surface area contributed by atoms with Crippen LogP contribution in [-0.4, -0.2) is 36.3 Å². The Morgan fingerprint density at radius 2 is 2.20 bits per heavy atom. The molecule has 3 rings (SSSR count). The number of hydrogen-bond donors (Lipinski definition) is 0. The summed E-state index contributed by atoms with van der Waals surface area (Å²) in [7, 11) is 0. The van der Waals surface area contributed by atoms with Crippen LogP contribution in [0.2, 0.25) is 0 Å². The molecule has 0 N–H and O–H groups in total. The normalized spacial score (nSPS) is 15.3. The van der Waals surface area contributed by atoms with Crippen molar-refractivity contribution in [1.82, 2.24) is 4.98 Å². The predicted molar refractivity (Wildman–Crippen MR) is 89.8 cm³/mol. The lowest BCUT2D eigenvalue weighted by molar-refractivity contribution is -0.185. The summed E-state index contributed by atoms with van der Waals surface area (Å²) >= 11 is 1.57. The zero-order chi connectivity index (χ0) is 18.2. The van der Waals surface area contributed by atoms with E-state index in [0.717, 1.165) is 27.5 Å². The topological polar surface area (TPSA) is 42.4 Å². The van der Waals surface area contributed by atoms with Crippen LogP contribution in [0.1, 0.15) is 17.5 Å². The molecule has 0 radical (unpaired) electrons. The predicted octanol–water partition coefficient (Wildman–Crippen LogP) is 3.98. The average Bonchev–Trinajstić information content (AvgIpc) is 3.16. The molecule has 2 aromatic rings. The molecule has 1 aromatic heterocycles. The lowest BCUT2D eigenvalue weighted by atomic mass is 10.1. The number of amides is 1. The first-order valence-corrected chi connectivity index (χ1v) is 8.68. The fraction of sp³-hybridized carbons (Fsp3) is 0.412. The van der Waals surface area contributed by atoms with E-state index in [1.54, 1.807) is 11.3 Å². The first kappa shape index (κ1) is 17.9. The minimum absolute atomic E-state index is 0.438. The van der Waals surface area contributed by atoms with Crippen LogP contribution in [0, 0.1) is 6.92 Å². The summed E-state index contributed by atoms with van der Waals surface area (Å²) in [5.41, 5.74) is 3.57. The number of alkyl halides is 3. The van der Waals surface area contributed by atoms with Crippen LogP contribution in [-0.2, 0) is 16.0 Å². The third kappa shape index (κ3) is 4.01. The van der Waals surface area contributed by atoms with Gasteiger partial charge in [0.25, 0.3) is 5.91 Å². The van der Waals surface area contributed by atoms with Crippen molar-refractivity contribution in [3.8, 4) is 11.3 Å². The first-order valence-electron chi connectivity index (χ1n) is 7.80. The highest BCUT2D eigenvalue weighted by Gasteiger charge is 2.33. The van der Waals surface area contributed by atoms with Gasteiger partial charge in [-0.2, -0.15) is 13.2 Å². The van der Waals surface area contributed by atoms with Crippen LogP contribution in [0.3, 0.4) is 0 Å². The molecule has 134 valence electrons. The molecule has 8 heteroatoms. The van der Waals surface area contributed by atoms with Crippen LogP contribution in [0.5, 0.6) is 0 Å². The van der Waals surface area contributed by atoms with Gasteiger partial charge in [0.15, 0.2) is 0 Å². The summed E-state index contributed by atoms with van der Waals surface area (Å²) in [6.07, 6.45) is -4.93. The Morgan fingerprint density at radius 3 is 2.84 bits per heavy atom. The van der Waals surface area contributed by atoms with E-state index < -0.39 is 24.8 Å². The lowest BCUT2D eigenvalue weighted by Crippen LogP contribution is -2.39. The second kappa shape index (κ2) is 6.76. The molecule has 1 aliphatic rings. The number of carbonyl (C=O) groups excluding carboxylic acids is 1. The quantitative estimate of drug-likeness (QED) is 0.818. The van der Waals surface area contributed by atoms with Crippen LogP contribution in [0.15, 0.2) is 23.6 Å². The maximum atomic E-state index is 12.4. The second-order valence-electron chi connectivity index (χ2n) is 5.90. The molecular weight excluding hydrogens is 353 g/mol. The zero-order valence-electron chi connectivity index (χ0n) is 13.8. The smallest absolute Gasteiger partial charge is 0.359 e. The molecule has 0 bridgehead atoms. The molecule has 4 nitrogen and oxygen atoms in total. The Labute approximate surface area is 147 Å². The lowest BCUT2D eigenvalue weighted by Gasteiger charge is -2.22. The standard InChI is InChI=1S/C17H17F3N2O2S/c1-10(24-9-17(18,19)20)16(23)22-6-5-13-7-12(3-4-15(13)22)14-8-25-11(2)21-14/h3-4,7-8,10H,5-6,9H2,1-2H3/t10-/m1/s1. The van der Waals surface area contributed by atoms with E-state index in [-0.39, 0.29) is 0 Å². The van der Waals surface area contributed by atoms with Gasteiger partial charge in [-0.1, -0.05) is 6.07 Å². The summed E-state index contributed by atoms with van der Waals surface area (Å²) in [5.74, 6) is -0.458. The highest BCUT2D eigenvalue weighted by Crippen LogP contribution is 2.33. The van der Waals surface area contributed by atoms with Crippen molar-refractivity contribution in [2.45, 2.75) is 32.5 Å². The van der Waals surface area contributed by atoms with Crippen LogP contribution >= 0.6 is 11.3 Å². The largest absolute Gasteiger partial charge is 0.411 e. The molecule has 2 heterocycles. The van der Waals surface area contributed by atoms with Gasteiger partial charge >= 0.3 is 6.18 Å². The van der Waals surface area contributed by atoms with Gasteiger partial charge in [0.2, 0.25) is 0 Å². The van der Waals surface area contributed by atoms with Crippen molar-refractivity contribution in [2.75, 3.05) is 18.1 Å². The van der Waals surface area contributed by atoms with E-state index in [2.05, 4.69) is 9.72 Å². The molecule has 25 heavy (non-hydrogen) atoms. The van der Waals surface area contributed by atoms with E-state index in [1.807, 2.05) is 30.5 Å². The molecule has 1 aromatic carbocycles. The molecule has 0 unspecified atom stereocenters. The Morgan fingerprint density at radius 1 is 1.44 bits per heavy atom. The van der Waals surface area contributed by atoms with E-state index >= 15 is 0 Å². The molecule has 0 saturated heterocycles. The van der Waals surface area contributed by atoms with E-state index in [1.165, 1.54) is 11.8 Å². The van der Waals surface area contributed by atoms with Gasteiger partial charge in [-0.25, -0.2) is 4.98 Å². The molecule has 1 atom stereocenters. The van der Waals surface area contributed by atoms with Gasteiger partial charge in [-0.05, 0) is 38.0 Å². The highest BCUT2D eigenvalue weighted by molar-refractivity contribution is 7.09. The minimum Gasteiger partial charge on any atom is -0.359 e. The van der Waals surface area contributed by atoms with Gasteiger partial charge in [0.05, 0.1) is 10.7 Å². The van der Waals surface area contributed by atoms with Crippen LogP contribution in [0.4, 0.5) is 18.9 Å². The number of ether oxygens (including phenoxy) is 1. The van der Waals surface area contributed by atoms with Crippen molar-refractivity contribution in [3.05, 3.63) is 34.2 Å². The SMILES string of the molecule is Cc1nc(-c2ccc3c(c2)CCN3C(=O)[C@@H](C)OCC(F)(F)F)cs1. The van der Waals surface area contributed by atoms with Gasteiger partial charge in [0, 0.05) is 23.2 Å². The molecule has 0 fully saturated rings.